The number of amides is 1. The molecule has 1 atom stereocenters. The number of fused-ring (bicyclic) bond motifs is 1. The van der Waals surface area contributed by atoms with Crippen molar-refractivity contribution in [1.29, 1.82) is 0 Å². The van der Waals surface area contributed by atoms with Crippen LogP contribution in [0.5, 0.6) is 0 Å². The minimum absolute atomic E-state index is 0.0313. The number of aromatic nitrogens is 2. The fourth-order valence-electron chi connectivity index (χ4n) is 2.37. The van der Waals surface area contributed by atoms with Gasteiger partial charge in [-0.2, -0.15) is 0 Å². The zero-order valence-electron chi connectivity index (χ0n) is 13.7. The molecule has 2 aromatic rings. The van der Waals surface area contributed by atoms with E-state index in [0.29, 0.717) is 21.8 Å². The van der Waals surface area contributed by atoms with Crippen LogP contribution in [0.15, 0.2) is 29.3 Å². The molecule has 0 bridgehead atoms. The van der Waals surface area contributed by atoms with Crippen LogP contribution in [0.1, 0.15) is 33.6 Å². The highest BCUT2D eigenvalue weighted by molar-refractivity contribution is 6.31. The van der Waals surface area contributed by atoms with Crippen LogP contribution < -0.4 is 10.9 Å². The summed E-state index contributed by atoms with van der Waals surface area (Å²) in [7, 11) is 0. The van der Waals surface area contributed by atoms with E-state index >= 15 is 0 Å². The molecule has 6 heteroatoms. The summed E-state index contributed by atoms with van der Waals surface area (Å²) in [6.07, 6.45) is 3.37. The lowest BCUT2D eigenvalue weighted by atomic mass is 10.0. The SMILES string of the molecule is CC(C)CCC(C)NC(=O)Cn1cnc2cc(Cl)ccc2c1=O. The molecule has 0 fully saturated rings. The molecule has 1 N–H and O–H groups in total. The van der Waals surface area contributed by atoms with E-state index in [1.165, 1.54) is 10.9 Å². The molecule has 0 aliphatic rings. The molecule has 1 heterocycles. The van der Waals surface area contributed by atoms with Crippen LogP contribution >= 0.6 is 11.6 Å². The van der Waals surface area contributed by atoms with E-state index in [4.69, 9.17) is 11.6 Å². The number of nitrogens with one attached hydrogen (secondary N) is 1. The van der Waals surface area contributed by atoms with Gasteiger partial charge in [-0.05, 0) is 43.9 Å². The van der Waals surface area contributed by atoms with Crippen molar-refractivity contribution in [3.63, 3.8) is 0 Å². The van der Waals surface area contributed by atoms with Gasteiger partial charge in [-0.3, -0.25) is 14.2 Å². The Morgan fingerprint density at radius 3 is 2.74 bits per heavy atom. The summed E-state index contributed by atoms with van der Waals surface area (Å²) in [5.74, 6) is 0.423. The number of benzene rings is 1. The van der Waals surface area contributed by atoms with Gasteiger partial charge in [0.1, 0.15) is 6.54 Å². The summed E-state index contributed by atoms with van der Waals surface area (Å²) in [6, 6.07) is 5.00. The molecule has 0 radical (unpaired) electrons. The second-order valence-electron chi connectivity index (χ2n) is 6.28. The Balaban J connectivity index is 2.07. The zero-order chi connectivity index (χ0) is 17.0. The van der Waals surface area contributed by atoms with E-state index < -0.39 is 0 Å². The second-order valence-corrected chi connectivity index (χ2v) is 6.72. The number of nitrogens with zero attached hydrogens (tertiary/aromatic N) is 2. The third kappa shape index (κ3) is 4.79. The van der Waals surface area contributed by atoms with Crippen molar-refractivity contribution in [2.24, 2.45) is 5.92 Å². The van der Waals surface area contributed by atoms with Gasteiger partial charge in [-0.25, -0.2) is 4.98 Å². The van der Waals surface area contributed by atoms with Crippen LogP contribution in [-0.2, 0) is 11.3 Å². The quantitative estimate of drug-likeness (QED) is 0.882. The Kier molecular flexibility index (Phi) is 5.77. The Morgan fingerprint density at radius 2 is 2.04 bits per heavy atom. The van der Waals surface area contributed by atoms with Crippen molar-refractivity contribution in [3.05, 3.63) is 39.9 Å². The second kappa shape index (κ2) is 7.59. The highest BCUT2D eigenvalue weighted by Crippen LogP contribution is 2.14. The molecule has 0 saturated carbocycles. The number of rotatable bonds is 6. The molecule has 1 unspecified atom stereocenters. The monoisotopic (exact) mass is 335 g/mol. The van der Waals surface area contributed by atoms with E-state index in [1.807, 2.05) is 6.92 Å². The lowest BCUT2D eigenvalue weighted by Crippen LogP contribution is -2.37. The molecule has 0 saturated heterocycles. The standard InChI is InChI=1S/C17H22ClN3O2/c1-11(2)4-5-12(3)20-16(22)9-21-10-19-15-8-13(18)6-7-14(15)17(21)23/h6-8,10-12H,4-5,9H2,1-3H3,(H,20,22). The van der Waals surface area contributed by atoms with Gasteiger partial charge in [0.15, 0.2) is 0 Å². The molecule has 0 aliphatic heterocycles. The fraction of sp³-hybridized carbons (Fsp3) is 0.471. The Labute approximate surface area is 140 Å². The molecule has 0 aliphatic carbocycles. The van der Waals surface area contributed by atoms with E-state index in [1.54, 1.807) is 18.2 Å². The minimum Gasteiger partial charge on any atom is -0.352 e. The summed E-state index contributed by atoms with van der Waals surface area (Å²) in [4.78, 5) is 28.7. The third-order valence-electron chi connectivity index (χ3n) is 3.69. The first-order valence-corrected chi connectivity index (χ1v) is 8.18. The molecule has 5 nitrogen and oxygen atoms in total. The Hall–Kier alpha value is -1.88. The average molecular weight is 336 g/mol. The number of hydrogen-bond acceptors (Lipinski definition) is 3. The minimum atomic E-state index is -0.239. The van der Waals surface area contributed by atoms with Gasteiger partial charge < -0.3 is 5.32 Å². The third-order valence-corrected chi connectivity index (χ3v) is 3.92. The van der Waals surface area contributed by atoms with Crippen molar-refractivity contribution < 1.29 is 4.79 Å². The normalized spacial score (nSPS) is 12.6. The molecule has 0 spiro atoms. The molecule has 1 aromatic heterocycles. The van der Waals surface area contributed by atoms with Crippen LogP contribution in [0, 0.1) is 5.92 Å². The molecular formula is C17H22ClN3O2. The fourth-order valence-corrected chi connectivity index (χ4v) is 2.54. The first-order chi connectivity index (χ1) is 10.9. The Bertz CT molecular complexity index is 755. The number of hydrogen-bond donors (Lipinski definition) is 1. The van der Waals surface area contributed by atoms with E-state index in [2.05, 4.69) is 24.1 Å². The van der Waals surface area contributed by atoms with Crippen LogP contribution in [0.4, 0.5) is 0 Å². The highest BCUT2D eigenvalue weighted by Gasteiger charge is 2.11. The number of carbonyl (C=O) groups excluding carboxylic acids is 1. The van der Waals surface area contributed by atoms with Crippen molar-refractivity contribution in [2.75, 3.05) is 0 Å². The van der Waals surface area contributed by atoms with Crippen LogP contribution in [0.25, 0.3) is 10.9 Å². The van der Waals surface area contributed by atoms with Gasteiger partial charge in [-0.15, -0.1) is 0 Å². The Morgan fingerprint density at radius 1 is 1.30 bits per heavy atom. The van der Waals surface area contributed by atoms with Crippen LogP contribution in [-0.4, -0.2) is 21.5 Å². The van der Waals surface area contributed by atoms with Crippen molar-refractivity contribution in [3.8, 4) is 0 Å². The van der Waals surface area contributed by atoms with Crippen molar-refractivity contribution in [1.82, 2.24) is 14.9 Å². The summed E-state index contributed by atoms with van der Waals surface area (Å²) in [6.45, 7) is 6.25. The largest absolute Gasteiger partial charge is 0.352 e. The first kappa shape index (κ1) is 17.5. The average Bonchev–Trinajstić information content (AvgIpc) is 2.48. The molecule has 1 aromatic carbocycles. The van der Waals surface area contributed by atoms with Gasteiger partial charge in [-0.1, -0.05) is 25.4 Å². The van der Waals surface area contributed by atoms with Crippen molar-refractivity contribution in [2.45, 2.75) is 46.2 Å². The smallest absolute Gasteiger partial charge is 0.261 e. The maximum absolute atomic E-state index is 12.4. The topological polar surface area (TPSA) is 64.0 Å². The molecular weight excluding hydrogens is 314 g/mol. The van der Waals surface area contributed by atoms with Gasteiger partial charge in [0.25, 0.3) is 5.56 Å². The van der Waals surface area contributed by atoms with Crippen LogP contribution in [0.2, 0.25) is 5.02 Å². The van der Waals surface area contributed by atoms with Crippen LogP contribution in [0.3, 0.4) is 0 Å². The summed E-state index contributed by atoms with van der Waals surface area (Å²) < 4.78 is 1.32. The maximum atomic E-state index is 12.4. The van der Waals surface area contributed by atoms with Gasteiger partial charge in [0.2, 0.25) is 5.91 Å². The van der Waals surface area contributed by atoms with E-state index in [9.17, 15) is 9.59 Å². The molecule has 1 amide bonds. The zero-order valence-corrected chi connectivity index (χ0v) is 14.4. The predicted molar refractivity (Wildman–Crippen MR) is 92.7 cm³/mol. The summed E-state index contributed by atoms with van der Waals surface area (Å²) >= 11 is 5.89. The summed E-state index contributed by atoms with van der Waals surface area (Å²) in [5.41, 5.74) is 0.293. The maximum Gasteiger partial charge on any atom is 0.261 e. The lowest BCUT2D eigenvalue weighted by Gasteiger charge is -2.15. The van der Waals surface area contributed by atoms with Gasteiger partial charge >= 0.3 is 0 Å². The molecule has 124 valence electrons. The van der Waals surface area contributed by atoms with E-state index in [0.717, 1.165) is 12.8 Å². The van der Waals surface area contributed by atoms with Gasteiger partial charge in [0.05, 0.1) is 17.2 Å². The molecule has 2 rings (SSSR count). The summed E-state index contributed by atoms with van der Waals surface area (Å²) in [5, 5.41) is 3.90. The predicted octanol–water partition coefficient (Wildman–Crippen LogP) is 2.99. The number of halogens is 1. The van der Waals surface area contributed by atoms with Crippen molar-refractivity contribution >= 4 is 28.4 Å². The first-order valence-electron chi connectivity index (χ1n) is 7.81. The highest BCUT2D eigenvalue weighted by atomic mass is 35.5. The number of carbonyl (C=O) groups is 1. The molecule has 23 heavy (non-hydrogen) atoms. The lowest BCUT2D eigenvalue weighted by molar-refractivity contribution is -0.122. The van der Waals surface area contributed by atoms with E-state index in [-0.39, 0.29) is 24.1 Å². The van der Waals surface area contributed by atoms with Gasteiger partial charge in [0, 0.05) is 11.1 Å².